The second kappa shape index (κ2) is 7.84. The van der Waals surface area contributed by atoms with Crippen molar-refractivity contribution in [3.63, 3.8) is 0 Å². The first-order chi connectivity index (χ1) is 11.7. The first kappa shape index (κ1) is 19.2. The normalized spacial score (nSPS) is 10.3. The van der Waals surface area contributed by atoms with Crippen LogP contribution in [0.5, 0.6) is 11.5 Å². The quantitative estimate of drug-likeness (QED) is 0.510. The number of methoxy groups -OCH3 is 1. The van der Waals surface area contributed by atoms with Gasteiger partial charge in [-0.15, -0.1) is 0 Å². The molecule has 0 spiro atoms. The molecule has 3 N–H and O–H groups in total. The second-order valence-electron chi connectivity index (χ2n) is 5.69. The van der Waals surface area contributed by atoms with Crippen molar-refractivity contribution in [2.45, 2.75) is 20.8 Å². The van der Waals surface area contributed by atoms with Gasteiger partial charge >= 0.3 is 0 Å². The Labute approximate surface area is 160 Å². The molecule has 0 aliphatic heterocycles. The fourth-order valence-electron chi connectivity index (χ4n) is 2.55. The molecule has 1 amide bonds. The van der Waals surface area contributed by atoms with E-state index in [0.717, 1.165) is 21.2 Å². The van der Waals surface area contributed by atoms with Crippen LogP contribution in [0.2, 0.25) is 0 Å². The molecule has 132 valence electrons. The Hall–Kier alpha value is -2.12. The highest BCUT2D eigenvalue weighted by molar-refractivity contribution is 9.10. The van der Waals surface area contributed by atoms with Crippen molar-refractivity contribution in [1.29, 1.82) is 0 Å². The fourth-order valence-corrected chi connectivity index (χ4v) is 3.32. The van der Waals surface area contributed by atoms with E-state index in [-0.39, 0.29) is 10.9 Å². The number of aryl methyl sites for hydroxylation is 3. The van der Waals surface area contributed by atoms with Crippen molar-refractivity contribution in [3.8, 4) is 11.5 Å². The number of aromatic hydroxyl groups is 1. The van der Waals surface area contributed by atoms with E-state index in [9.17, 15) is 9.90 Å². The molecule has 0 atom stereocenters. The maximum Gasteiger partial charge on any atom is 0.261 e. The molecule has 0 aromatic heterocycles. The number of hydrogen-bond acceptors (Lipinski definition) is 4. The predicted octanol–water partition coefficient (Wildman–Crippen LogP) is 4.22. The lowest BCUT2D eigenvalue weighted by atomic mass is 10.1. The topological polar surface area (TPSA) is 70.6 Å². The maximum absolute atomic E-state index is 12.5. The highest BCUT2D eigenvalue weighted by Crippen LogP contribution is 2.29. The van der Waals surface area contributed by atoms with Gasteiger partial charge < -0.3 is 15.2 Å². The van der Waals surface area contributed by atoms with Crippen LogP contribution in [-0.2, 0) is 0 Å². The smallest absolute Gasteiger partial charge is 0.261 e. The highest BCUT2D eigenvalue weighted by atomic mass is 79.9. The lowest BCUT2D eigenvalue weighted by Crippen LogP contribution is -2.34. The molecule has 2 aromatic carbocycles. The number of ether oxygens (including phenoxy) is 1. The first-order valence-electron chi connectivity index (χ1n) is 7.49. The van der Waals surface area contributed by atoms with E-state index < -0.39 is 5.91 Å². The van der Waals surface area contributed by atoms with Crippen LogP contribution in [0.4, 0.5) is 5.69 Å². The van der Waals surface area contributed by atoms with Crippen molar-refractivity contribution >= 4 is 44.9 Å². The summed E-state index contributed by atoms with van der Waals surface area (Å²) in [6.07, 6.45) is 0. The summed E-state index contributed by atoms with van der Waals surface area (Å²) >= 11 is 8.57. The summed E-state index contributed by atoms with van der Waals surface area (Å²) in [5.41, 5.74) is 3.33. The SMILES string of the molecule is COc1c(C)cc(Br)cc1C(=O)NC(=S)Nc1cc(C)cc(C)c1O. The Kier molecular flexibility index (Phi) is 6.02. The minimum absolute atomic E-state index is 0.0879. The standard InChI is InChI=1S/C18H19BrN2O3S/c1-9-5-10(2)15(22)14(6-9)20-18(25)21-17(23)13-8-12(19)7-11(3)16(13)24-4/h5-8,22H,1-4H3,(H2,20,21,23,25). The summed E-state index contributed by atoms with van der Waals surface area (Å²) in [5, 5.41) is 15.7. The Morgan fingerprint density at radius 2 is 1.84 bits per heavy atom. The van der Waals surface area contributed by atoms with Gasteiger partial charge in [-0.25, -0.2) is 0 Å². The number of benzene rings is 2. The van der Waals surface area contributed by atoms with Gasteiger partial charge in [0, 0.05) is 4.47 Å². The van der Waals surface area contributed by atoms with E-state index in [0.29, 0.717) is 17.0 Å². The molecule has 0 saturated carbocycles. The van der Waals surface area contributed by atoms with E-state index in [4.69, 9.17) is 17.0 Å². The molecule has 0 radical (unpaired) electrons. The fraction of sp³-hybridized carbons (Fsp3) is 0.222. The van der Waals surface area contributed by atoms with E-state index in [1.54, 1.807) is 19.1 Å². The predicted molar refractivity (Wildman–Crippen MR) is 107 cm³/mol. The van der Waals surface area contributed by atoms with Crippen molar-refractivity contribution < 1.29 is 14.6 Å². The average Bonchev–Trinajstić information content (AvgIpc) is 2.51. The molecule has 2 aromatic rings. The van der Waals surface area contributed by atoms with Gasteiger partial charge in [-0.3, -0.25) is 10.1 Å². The summed E-state index contributed by atoms with van der Waals surface area (Å²) in [6, 6.07) is 7.14. The number of anilines is 1. The number of carbonyl (C=O) groups is 1. The van der Waals surface area contributed by atoms with Crippen LogP contribution in [0.1, 0.15) is 27.0 Å². The van der Waals surface area contributed by atoms with E-state index >= 15 is 0 Å². The number of phenolic OH excluding ortho intramolecular Hbond substituents is 1. The average molecular weight is 423 g/mol. The molecule has 0 fully saturated rings. The van der Waals surface area contributed by atoms with E-state index in [2.05, 4.69) is 26.6 Å². The van der Waals surface area contributed by atoms with Crippen LogP contribution >= 0.6 is 28.1 Å². The Morgan fingerprint density at radius 1 is 1.16 bits per heavy atom. The van der Waals surface area contributed by atoms with Gasteiger partial charge in [-0.05, 0) is 67.9 Å². The molecule has 0 unspecified atom stereocenters. The largest absolute Gasteiger partial charge is 0.505 e. The van der Waals surface area contributed by atoms with Gasteiger partial charge in [0.1, 0.15) is 11.5 Å². The lowest BCUT2D eigenvalue weighted by molar-refractivity contribution is 0.0974. The van der Waals surface area contributed by atoms with E-state index in [1.807, 2.05) is 26.0 Å². The number of nitrogens with one attached hydrogen (secondary N) is 2. The van der Waals surface area contributed by atoms with Gasteiger partial charge in [-0.1, -0.05) is 22.0 Å². The molecule has 0 heterocycles. The number of hydrogen-bond donors (Lipinski definition) is 3. The molecule has 0 aliphatic carbocycles. The third-order valence-corrected chi connectivity index (χ3v) is 4.27. The van der Waals surface area contributed by atoms with Gasteiger partial charge in [0.05, 0.1) is 18.4 Å². The first-order valence-corrected chi connectivity index (χ1v) is 8.69. The monoisotopic (exact) mass is 422 g/mol. The van der Waals surface area contributed by atoms with Crippen LogP contribution in [0, 0.1) is 20.8 Å². The maximum atomic E-state index is 12.5. The zero-order chi connectivity index (χ0) is 18.7. The number of halogens is 1. The zero-order valence-corrected chi connectivity index (χ0v) is 16.8. The molecular formula is C18H19BrN2O3S. The van der Waals surface area contributed by atoms with Crippen LogP contribution in [0.15, 0.2) is 28.7 Å². The number of amides is 1. The van der Waals surface area contributed by atoms with Crippen molar-refractivity contribution in [3.05, 3.63) is 51.0 Å². The Morgan fingerprint density at radius 3 is 2.48 bits per heavy atom. The lowest BCUT2D eigenvalue weighted by Gasteiger charge is -2.15. The molecule has 0 bridgehead atoms. The number of phenols is 1. The summed E-state index contributed by atoms with van der Waals surface area (Å²) in [7, 11) is 1.51. The van der Waals surface area contributed by atoms with Gasteiger partial charge in [0.2, 0.25) is 0 Å². The van der Waals surface area contributed by atoms with E-state index in [1.165, 1.54) is 7.11 Å². The third-order valence-electron chi connectivity index (χ3n) is 3.61. The molecule has 5 nitrogen and oxygen atoms in total. The summed E-state index contributed by atoms with van der Waals surface area (Å²) < 4.78 is 6.08. The molecule has 2 rings (SSSR count). The van der Waals surface area contributed by atoms with Crippen LogP contribution in [0.25, 0.3) is 0 Å². The molecular weight excluding hydrogens is 404 g/mol. The van der Waals surface area contributed by atoms with Gasteiger partial charge in [0.25, 0.3) is 5.91 Å². The van der Waals surface area contributed by atoms with Crippen molar-refractivity contribution in [1.82, 2.24) is 5.32 Å². The summed E-state index contributed by atoms with van der Waals surface area (Å²) in [5.74, 6) is 0.179. The number of carbonyl (C=O) groups excluding carboxylic acids is 1. The highest BCUT2D eigenvalue weighted by Gasteiger charge is 2.17. The minimum atomic E-state index is -0.400. The van der Waals surface area contributed by atoms with Gasteiger partial charge in [0.15, 0.2) is 5.11 Å². The second-order valence-corrected chi connectivity index (χ2v) is 7.01. The van der Waals surface area contributed by atoms with Crippen molar-refractivity contribution in [2.75, 3.05) is 12.4 Å². The molecule has 0 saturated heterocycles. The summed E-state index contributed by atoms with van der Waals surface area (Å²) in [6.45, 7) is 5.56. The Bertz CT molecular complexity index is 853. The van der Waals surface area contributed by atoms with Crippen molar-refractivity contribution in [2.24, 2.45) is 0 Å². The zero-order valence-electron chi connectivity index (χ0n) is 14.4. The number of thiocarbonyl (C=S) groups is 1. The molecule has 25 heavy (non-hydrogen) atoms. The summed E-state index contributed by atoms with van der Waals surface area (Å²) in [4.78, 5) is 12.5. The molecule has 7 heteroatoms. The van der Waals surface area contributed by atoms with Crippen LogP contribution < -0.4 is 15.4 Å². The minimum Gasteiger partial charge on any atom is -0.505 e. The van der Waals surface area contributed by atoms with Gasteiger partial charge in [-0.2, -0.15) is 0 Å². The Balaban J connectivity index is 2.21. The van der Waals surface area contributed by atoms with Crippen LogP contribution in [0.3, 0.4) is 0 Å². The van der Waals surface area contributed by atoms with Crippen LogP contribution in [-0.4, -0.2) is 23.2 Å². The number of rotatable bonds is 3. The molecule has 0 aliphatic rings. The third kappa shape index (κ3) is 4.49.